The number of aromatic nitrogens is 1. The molecule has 2 N–H and O–H groups in total. The van der Waals surface area contributed by atoms with E-state index in [1.54, 1.807) is 11.3 Å². The van der Waals surface area contributed by atoms with Crippen molar-refractivity contribution in [3.63, 3.8) is 0 Å². The molecule has 2 aromatic rings. The van der Waals surface area contributed by atoms with E-state index in [1.165, 1.54) is 10.6 Å². The van der Waals surface area contributed by atoms with Crippen LogP contribution in [0.3, 0.4) is 0 Å². The lowest BCUT2D eigenvalue weighted by atomic mass is 10.2. The second-order valence-corrected chi connectivity index (χ2v) is 7.65. The SMILES string of the molecule is CCc1cnc(CCN=C(N)N2CCN(c3ccc(Cl)cc3)CC2)s1. The van der Waals surface area contributed by atoms with Crippen LogP contribution in [0.2, 0.25) is 5.02 Å². The number of benzene rings is 1. The number of nitrogens with two attached hydrogens (primary N) is 1. The number of halogens is 1. The molecule has 0 atom stereocenters. The second kappa shape index (κ2) is 8.54. The number of guanidine groups is 1. The van der Waals surface area contributed by atoms with Gasteiger partial charge in [-0.25, -0.2) is 4.98 Å². The van der Waals surface area contributed by atoms with Crippen molar-refractivity contribution in [3.8, 4) is 0 Å². The summed E-state index contributed by atoms with van der Waals surface area (Å²) in [5.41, 5.74) is 7.37. The van der Waals surface area contributed by atoms with Crippen molar-refractivity contribution in [2.24, 2.45) is 10.7 Å². The largest absolute Gasteiger partial charge is 0.370 e. The Balaban J connectivity index is 1.47. The lowest BCUT2D eigenvalue weighted by Crippen LogP contribution is -2.51. The van der Waals surface area contributed by atoms with Crippen molar-refractivity contribution < 1.29 is 0 Å². The minimum Gasteiger partial charge on any atom is -0.370 e. The quantitative estimate of drug-likeness (QED) is 0.642. The van der Waals surface area contributed by atoms with Crippen LogP contribution in [0.5, 0.6) is 0 Å². The summed E-state index contributed by atoms with van der Waals surface area (Å²) >= 11 is 7.72. The average Bonchev–Trinajstić information content (AvgIpc) is 3.10. The van der Waals surface area contributed by atoms with E-state index in [1.807, 2.05) is 18.3 Å². The number of anilines is 1. The minimum absolute atomic E-state index is 0.642. The Morgan fingerprint density at radius 1 is 1.24 bits per heavy atom. The fraction of sp³-hybridized carbons (Fsp3) is 0.444. The topological polar surface area (TPSA) is 57.8 Å². The van der Waals surface area contributed by atoms with Gasteiger partial charge in [0, 0.05) is 60.9 Å². The number of rotatable bonds is 5. The first-order valence-corrected chi connectivity index (χ1v) is 9.84. The Bertz CT molecular complexity index is 705. The fourth-order valence-electron chi connectivity index (χ4n) is 2.84. The average molecular weight is 378 g/mol. The molecule has 1 saturated heterocycles. The fourth-order valence-corrected chi connectivity index (χ4v) is 3.82. The third-order valence-electron chi connectivity index (χ3n) is 4.34. The van der Waals surface area contributed by atoms with E-state index in [0.717, 1.165) is 49.1 Å². The summed E-state index contributed by atoms with van der Waals surface area (Å²) in [5.74, 6) is 0.642. The zero-order valence-electron chi connectivity index (χ0n) is 14.5. The van der Waals surface area contributed by atoms with Crippen LogP contribution in [0.25, 0.3) is 0 Å². The van der Waals surface area contributed by atoms with Gasteiger partial charge in [-0.05, 0) is 30.7 Å². The number of thiazole rings is 1. The Morgan fingerprint density at radius 2 is 1.96 bits per heavy atom. The van der Waals surface area contributed by atoms with Crippen LogP contribution in [0.15, 0.2) is 35.5 Å². The van der Waals surface area contributed by atoms with Gasteiger partial charge in [0.05, 0.1) is 5.01 Å². The molecule has 0 aliphatic carbocycles. The molecular weight excluding hydrogens is 354 g/mol. The van der Waals surface area contributed by atoms with Gasteiger partial charge in [-0.2, -0.15) is 0 Å². The molecule has 7 heteroatoms. The van der Waals surface area contributed by atoms with Crippen LogP contribution >= 0.6 is 22.9 Å². The molecule has 5 nitrogen and oxygen atoms in total. The lowest BCUT2D eigenvalue weighted by molar-refractivity contribution is 0.381. The maximum atomic E-state index is 6.17. The molecule has 1 aliphatic heterocycles. The zero-order valence-corrected chi connectivity index (χ0v) is 16.1. The van der Waals surface area contributed by atoms with Crippen molar-refractivity contribution in [2.75, 3.05) is 37.6 Å². The van der Waals surface area contributed by atoms with E-state index in [-0.39, 0.29) is 0 Å². The molecule has 134 valence electrons. The number of hydrogen-bond acceptors (Lipinski definition) is 4. The third-order valence-corrected chi connectivity index (χ3v) is 5.80. The molecule has 25 heavy (non-hydrogen) atoms. The van der Waals surface area contributed by atoms with Crippen molar-refractivity contribution in [3.05, 3.63) is 45.4 Å². The highest BCUT2D eigenvalue weighted by molar-refractivity contribution is 7.11. The molecule has 1 aromatic heterocycles. The number of piperazine rings is 1. The summed E-state index contributed by atoms with van der Waals surface area (Å²) < 4.78 is 0. The van der Waals surface area contributed by atoms with E-state index in [4.69, 9.17) is 17.3 Å². The number of aliphatic imine (C=N–C) groups is 1. The Labute approximate surface area is 158 Å². The van der Waals surface area contributed by atoms with Crippen LogP contribution in [0.1, 0.15) is 16.8 Å². The lowest BCUT2D eigenvalue weighted by Gasteiger charge is -2.36. The van der Waals surface area contributed by atoms with Gasteiger partial charge in [-0.3, -0.25) is 4.99 Å². The highest BCUT2D eigenvalue weighted by atomic mass is 35.5. The van der Waals surface area contributed by atoms with Gasteiger partial charge in [-0.1, -0.05) is 18.5 Å². The standard InChI is InChI=1S/C18H24ClN5S/c1-2-16-13-22-17(25-16)7-8-21-18(20)24-11-9-23(10-12-24)15-5-3-14(19)4-6-15/h3-6,13H,2,7-12H2,1H3,(H2,20,21). The molecule has 0 saturated carbocycles. The van der Waals surface area contributed by atoms with Crippen LogP contribution in [0.4, 0.5) is 5.69 Å². The van der Waals surface area contributed by atoms with E-state index in [2.05, 4.69) is 38.8 Å². The highest BCUT2D eigenvalue weighted by Gasteiger charge is 2.18. The number of aryl methyl sites for hydroxylation is 1. The highest BCUT2D eigenvalue weighted by Crippen LogP contribution is 2.19. The summed E-state index contributed by atoms with van der Waals surface area (Å²) in [6.45, 7) is 6.48. The van der Waals surface area contributed by atoms with E-state index in [0.29, 0.717) is 12.5 Å². The smallest absolute Gasteiger partial charge is 0.191 e. The zero-order chi connectivity index (χ0) is 17.6. The molecule has 1 aliphatic rings. The summed E-state index contributed by atoms with van der Waals surface area (Å²) in [6.07, 6.45) is 3.86. The molecule has 2 heterocycles. The van der Waals surface area contributed by atoms with Gasteiger partial charge < -0.3 is 15.5 Å². The molecular formula is C18H24ClN5S. The van der Waals surface area contributed by atoms with Crippen molar-refractivity contribution >= 4 is 34.6 Å². The predicted octanol–water partition coefficient (Wildman–Crippen LogP) is 3.04. The summed E-state index contributed by atoms with van der Waals surface area (Å²) in [7, 11) is 0. The maximum absolute atomic E-state index is 6.17. The minimum atomic E-state index is 0.642. The van der Waals surface area contributed by atoms with Gasteiger partial charge >= 0.3 is 0 Å². The number of hydrogen-bond donors (Lipinski definition) is 1. The maximum Gasteiger partial charge on any atom is 0.191 e. The Morgan fingerprint density at radius 3 is 2.60 bits per heavy atom. The van der Waals surface area contributed by atoms with Gasteiger partial charge in [0.1, 0.15) is 0 Å². The molecule has 3 rings (SSSR count). The van der Waals surface area contributed by atoms with Crippen molar-refractivity contribution in [1.29, 1.82) is 0 Å². The predicted molar refractivity (Wildman–Crippen MR) is 107 cm³/mol. The first-order chi connectivity index (χ1) is 12.2. The first kappa shape index (κ1) is 18.0. The second-order valence-electron chi connectivity index (χ2n) is 6.01. The summed E-state index contributed by atoms with van der Waals surface area (Å²) in [4.78, 5) is 14.8. The normalized spacial score (nSPS) is 15.7. The summed E-state index contributed by atoms with van der Waals surface area (Å²) in [6, 6.07) is 7.99. The van der Waals surface area contributed by atoms with Crippen LogP contribution in [-0.4, -0.2) is 48.6 Å². The van der Waals surface area contributed by atoms with Crippen LogP contribution in [0, 0.1) is 0 Å². The van der Waals surface area contributed by atoms with Gasteiger partial charge in [0.2, 0.25) is 0 Å². The molecule has 1 aromatic carbocycles. The molecule has 1 fully saturated rings. The monoisotopic (exact) mass is 377 g/mol. The third kappa shape index (κ3) is 4.86. The molecule has 0 bridgehead atoms. The molecule has 0 unspecified atom stereocenters. The van der Waals surface area contributed by atoms with E-state index < -0.39 is 0 Å². The Kier molecular flexibility index (Phi) is 6.15. The van der Waals surface area contributed by atoms with E-state index >= 15 is 0 Å². The first-order valence-electron chi connectivity index (χ1n) is 8.64. The molecule has 0 spiro atoms. The van der Waals surface area contributed by atoms with Gasteiger partial charge in [0.15, 0.2) is 5.96 Å². The number of nitrogens with zero attached hydrogens (tertiary/aromatic N) is 4. The van der Waals surface area contributed by atoms with Crippen molar-refractivity contribution in [1.82, 2.24) is 9.88 Å². The Hall–Kier alpha value is -1.79. The molecule has 0 amide bonds. The van der Waals surface area contributed by atoms with Crippen molar-refractivity contribution in [2.45, 2.75) is 19.8 Å². The van der Waals surface area contributed by atoms with Crippen LogP contribution in [-0.2, 0) is 12.8 Å². The van der Waals surface area contributed by atoms with Gasteiger partial charge in [-0.15, -0.1) is 11.3 Å². The summed E-state index contributed by atoms with van der Waals surface area (Å²) in [5, 5.41) is 1.91. The van der Waals surface area contributed by atoms with E-state index in [9.17, 15) is 0 Å². The van der Waals surface area contributed by atoms with Crippen LogP contribution < -0.4 is 10.6 Å². The molecule has 0 radical (unpaired) electrons. The van der Waals surface area contributed by atoms with Gasteiger partial charge in [0.25, 0.3) is 0 Å².